The van der Waals surface area contributed by atoms with Gasteiger partial charge in [-0.1, -0.05) is 70.3 Å². The lowest BCUT2D eigenvalue weighted by atomic mass is 9.61. The fourth-order valence-electron chi connectivity index (χ4n) is 5.68. The van der Waals surface area contributed by atoms with E-state index in [0.29, 0.717) is 68.4 Å². The van der Waals surface area contributed by atoms with Gasteiger partial charge in [0.05, 0.1) is 26.2 Å². The van der Waals surface area contributed by atoms with Gasteiger partial charge in [0.15, 0.2) is 0 Å². The Morgan fingerprint density at radius 3 is 2.51 bits per heavy atom. The summed E-state index contributed by atoms with van der Waals surface area (Å²) in [6.45, 7) is 0.196. The zero-order valence-electron chi connectivity index (χ0n) is 20.9. The Morgan fingerprint density at radius 2 is 1.85 bits per heavy atom. The molecule has 3 aromatic rings. The number of hydrogen-bond acceptors (Lipinski definition) is 5. The maximum Gasteiger partial charge on any atom is 0.331 e. The van der Waals surface area contributed by atoms with E-state index in [4.69, 9.17) is 44.1 Å². The predicted octanol–water partition coefficient (Wildman–Crippen LogP) is 7.94. The molecule has 0 spiro atoms. The molecule has 6 nitrogen and oxygen atoms in total. The van der Waals surface area contributed by atoms with Crippen LogP contribution in [-0.2, 0) is 17.0 Å². The molecule has 2 N–H and O–H groups in total. The summed E-state index contributed by atoms with van der Waals surface area (Å²) in [5, 5.41) is 26.3. The van der Waals surface area contributed by atoms with Gasteiger partial charge in [-0.2, -0.15) is 0 Å². The Balaban J connectivity index is 1.16. The van der Waals surface area contributed by atoms with Crippen molar-refractivity contribution < 1.29 is 24.3 Å². The van der Waals surface area contributed by atoms with Crippen LogP contribution in [0.3, 0.4) is 0 Å². The van der Waals surface area contributed by atoms with Gasteiger partial charge in [0, 0.05) is 22.6 Å². The topological polar surface area (TPSA) is 92.8 Å². The van der Waals surface area contributed by atoms with Crippen LogP contribution in [0.4, 0.5) is 0 Å². The largest absolute Gasteiger partial charge is 0.489 e. The normalized spacial score (nSPS) is 24.3. The highest BCUT2D eigenvalue weighted by Gasteiger charge is 2.48. The molecule has 3 aliphatic rings. The molecule has 2 fully saturated rings. The van der Waals surface area contributed by atoms with Crippen molar-refractivity contribution in [2.24, 2.45) is 11.8 Å². The molecule has 0 aliphatic heterocycles. The number of allylic oxidation sites excluding steroid dienone is 3. The lowest BCUT2D eigenvalue weighted by Gasteiger charge is -2.47. The first-order valence-corrected chi connectivity index (χ1v) is 14.1. The first kappa shape index (κ1) is 26.5. The van der Waals surface area contributed by atoms with E-state index in [9.17, 15) is 15.0 Å². The minimum Gasteiger partial charge on any atom is -0.489 e. The lowest BCUT2D eigenvalue weighted by molar-refractivity contribution is -0.133. The SMILES string of the molecule is O=C(O)C1=CC=CC([C@H]2C[C@](O)(c3ccc(OCc4c(-c5c(Cl)cccc5Cl)noc4C4CC4)cc3Cl)C2)C1. The van der Waals surface area contributed by atoms with E-state index in [1.165, 1.54) is 0 Å². The van der Waals surface area contributed by atoms with Gasteiger partial charge in [0.2, 0.25) is 0 Å². The van der Waals surface area contributed by atoms with Crippen LogP contribution in [0, 0.1) is 11.8 Å². The molecule has 9 heteroatoms. The standard InChI is InChI=1S/C30H26Cl3NO5/c31-23-5-2-6-24(32)26(23)27-21(28(39-34-27)16-7-8-16)15-38-20-9-10-22(25(33)12-20)30(37)13-19(14-30)17-3-1-4-18(11-17)29(35)36/h1-6,9-10,12,16-17,19,37H,7-8,11,13-15H2,(H,35,36)/t17?,19-,30+. The van der Waals surface area contributed by atoms with E-state index in [2.05, 4.69) is 5.16 Å². The Morgan fingerprint density at radius 1 is 1.10 bits per heavy atom. The van der Waals surface area contributed by atoms with Crippen molar-refractivity contribution >= 4 is 40.8 Å². The Hall–Kier alpha value is -2.77. The molecule has 3 aliphatic carbocycles. The van der Waals surface area contributed by atoms with Crippen molar-refractivity contribution in [3.8, 4) is 17.0 Å². The third kappa shape index (κ3) is 5.11. The fourth-order valence-corrected chi connectivity index (χ4v) is 6.61. The van der Waals surface area contributed by atoms with Gasteiger partial charge in [-0.05, 0) is 68.2 Å². The van der Waals surface area contributed by atoms with Gasteiger partial charge in [-0.3, -0.25) is 0 Å². The highest BCUT2D eigenvalue weighted by atomic mass is 35.5. The fraction of sp³-hybridized carbons (Fsp3) is 0.333. The van der Waals surface area contributed by atoms with Crippen LogP contribution < -0.4 is 4.74 Å². The van der Waals surface area contributed by atoms with Gasteiger partial charge in [-0.25, -0.2) is 4.79 Å². The molecule has 39 heavy (non-hydrogen) atoms. The number of carboxylic acid groups (broad SMARTS) is 1. The quantitative estimate of drug-likeness (QED) is 0.278. The van der Waals surface area contributed by atoms with Gasteiger partial charge in [-0.15, -0.1) is 0 Å². The second kappa shape index (κ2) is 10.3. The Bertz CT molecular complexity index is 1480. The number of aromatic nitrogens is 1. The Labute approximate surface area is 240 Å². The number of rotatable bonds is 8. The molecule has 0 radical (unpaired) electrons. The summed E-state index contributed by atoms with van der Waals surface area (Å²) in [6, 6.07) is 10.6. The molecule has 6 rings (SSSR count). The Kier molecular flexibility index (Phi) is 7.00. The van der Waals surface area contributed by atoms with Crippen LogP contribution in [0.5, 0.6) is 5.75 Å². The number of halogens is 3. The highest BCUT2D eigenvalue weighted by Crippen LogP contribution is 2.53. The van der Waals surface area contributed by atoms with Crippen LogP contribution in [0.1, 0.15) is 54.9 Å². The average molecular weight is 587 g/mol. The molecular weight excluding hydrogens is 561 g/mol. The highest BCUT2D eigenvalue weighted by molar-refractivity contribution is 6.39. The first-order chi connectivity index (χ1) is 18.7. The number of hydrogen-bond donors (Lipinski definition) is 2. The summed E-state index contributed by atoms with van der Waals surface area (Å²) in [6.07, 6.45) is 9.03. The molecule has 2 aromatic carbocycles. The molecule has 0 saturated heterocycles. The molecule has 0 bridgehead atoms. The monoisotopic (exact) mass is 585 g/mol. The van der Waals surface area contributed by atoms with E-state index in [-0.39, 0.29) is 18.4 Å². The van der Waals surface area contributed by atoms with Gasteiger partial charge >= 0.3 is 5.97 Å². The molecule has 1 heterocycles. The third-order valence-corrected chi connectivity index (χ3v) is 8.93. The van der Waals surface area contributed by atoms with Crippen molar-refractivity contribution in [2.75, 3.05) is 0 Å². The maximum atomic E-state index is 11.4. The van der Waals surface area contributed by atoms with Gasteiger partial charge in [0.25, 0.3) is 0 Å². The molecule has 1 atom stereocenters. The molecule has 1 aromatic heterocycles. The van der Waals surface area contributed by atoms with E-state index in [0.717, 1.165) is 24.2 Å². The smallest absolute Gasteiger partial charge is 0.331 e. The summed E-state index contributed by atoms with van der Waals surface area (Å²) < 4.78 is 11.9. The number of nitrogens with zero attached hydrogens (tertiary/aromatic N) is 1. The minimum atomic E-state index is -1.06. The number of ether oxygens (including phenoxy) is 1. The second-order valence-corrected chi connectivity index (χ2v) is 11.8. The average Bonchev–Trinajstić information content (AvgIpc) is 3.66. The number of aliphatic carboxylic acids is 1. The summed E-state index contributed by atoms with van der Waals surface area (Å²) in [7, 11) is 0. The predicted molar refractivity (Wildman–Crippen MR) is 149 cm³/mol. The van der Waals surface area contributed by atoms with Crippen LogP contribution in [-0.4, -0.2) is 21.3 Å². The number of aliphatic hydroxyl groups is 1. The summed E-state index contributed by atoms with van der Waals surface area (Å²) in [4.78, 5) is 11.4. The van der Waals surface area contributed by atoms with E-state index in [1.807, 2.05) is 6.08 Å². The zero-order chi connectivity index (χ0) is 27.3. The number of carbonyl (C=O) groups is 1. The van der Waals surface area contributed by atoms with Gasteiger partial charge < -0.3 is 19.5 Å². The van der Waals surface area contributed by atoms with Gasteiger partial charge in [0.1, 0.15) is 23.8 Å². The van der Waals surface area contributed by atoms with E-state index < -0.39 is 11.6 Å². The van der Waals surface area contributed by atoms with Crippen molar-refractivity contribution in [2.45, 2.75) is 50.2 Å². The van der Waals surface area contributed by atoms with Crippen molar-refractivity contribution in [1.29, 1.82) is 0 Å². The number of carboxylic acids is 1. The van der Waals surface area contributed by atoms with Crippen molar-refractivity contribution in [3.63, 3.8) is 0 Å². The molecule has 2 saturated carbocycles. The maximum absolute atomic E-state index is 11.4. The summed E-state index contributed by atoms with van der Waals surface area (Å²) in [5.74, 6) is 1.03. The summed E-state index contributed by atoms with van der Waals surface area (Å²) in [5.41, 5.74) is 1.99. The summed E-state index contributed by atoms with van der Waals surface area (Å²) >= 11 is 19.6. The zero-order valence-corrected chi connectivity index (χ0v) is 23.1. The van der Waals surface area contributed by atoms with Crippen LogP contribution in [0.25, 0.3) is 11.3 Å². The molecule has 0 amide bonds. The molecule has 1 unspecified atom stereocenters. The second-order valence-electron chi connectivity index (χ2n) is 10.6. The van der Waals surface area contributed by atoms with Crippen molar-refractivity contribution in [1.82, 2.24) is 5.16 Å². The minimum absolute atomic E-state index is 0.0906. The first-order valence-electron chi connectivity index (χ1n) is 12.9. The lowest BCUT2D eigenvalue weighted by Crippen LogP contribution is -2.44. The van der Waals surface area contributed by atoms with Crippen molar-refractivity contribution in [3.05, 3.63) is 92.2 Å². The van der Waals surface area contributed by atoms with Crippen LogP contribution in [0.15, 0.2) is 64.7 Å². The van der Waals surface area contributed by atoms with Crippen LogP contribution in [0.2, 0.25) is 15.1 Å². The number of benzene rings is 2. The molecular formula is C30H26Cl3NO5. The van der Waals surface area contributed by atoms with E-state index in [1.54, 1.807) is 48.6 Å². The van der Waals surface area contributed by atoms with E-state index >= 15 is 0 Å². The third-order valence-electron chi connectivity index (χ3n) is 7.98. The van der Waals surface area contributed by atoms with Crippen LogP contribution >= 0.6 is 34.8 Å². The molecule has 202 valence electrons.